The number of fused-ring (bicyclic) bond motifs is 1. The number of carbonyl (C=O) groups is 2. The van der Waals surface area contributed by atoms with E-state index in [0.29, 0.717) is 29.3 Å². The third kappa shape index (κ3) is 6.64. The van der Waals surface area contributed by atoms with Gasteiger partial charge in [0.05, 0.1) is 11.2 Å². The number of carbonyl (C=O) groups excluding carboxylic acids is 2. The maximum absolute atomic E-state index is 14.0. The minimum absolute atomic E-state index is 0.0707. The first-order valence-electron chi connectivity index (χ1n) is 13.8. The second-order valence-electron chi connectivity index (χ2n) is 10.3. The van der Waals surface area contributed by atoms with Crippen molar-refractivity contribution in [2.45, 2.75) is 46.1 Å². The Morgan fingerprint density at radius 1 is 1.14 bits per heavy atom. The van der Waals surface area contributed by atoms with Gasteiger partial charge in [-0.05, 0) is 53.9 Å². The molecule has 0 fully saturated rings. The van der Waals surface area contributed by atoms with Crippen molar-refractivity contribution in [3.05, 3.63) is 100.0 Å². The van der Waals surface area contributed by atoms with Gasteiger partial charge in [-0.25, -0.2) is 9.37 Å². The summed E-state index contributed by atoms with van der Waals surface area (Å²) in [5.41, 5.74) is 5.14. The Hall–Kier alpha value is -4.21. The van der Waals surface area contributed by atoms with Crippen LogP contribution in [-0.4, -0.2) is 40.4 Å². The molecular formula is C32H33ClFN5O3. The minimum atomic E-state index is -0.375. The van der Waals surface area contributed by atoms with Crippen molar-refractivity contribution in [1.82, 2.24) is 19.8 Å². The molecule has 218 valence electrons. The van der Waals surface area contributed by atoms with Crippen molar-refractivity contribution in [2.75, 3.05) is 18.5 Å². The zero-order chi connectivity index (χ0) is 29.6. The van der Waals surface area contributed by atoms with Gasteiger partial charge >= 0.3 is 0 Å². The lowest BCUT2D eigenvalue weighted by atomic mass is 10.1. The van der Waals surface area contributed by atoms with E-state index in [1.54, 1.807) is 12.1 Å². The molecule has 1 aliphatic heterocycles. The van der Waals surface area contributed by atoms with Crippen molar-refractivity contribution in [1.29, 1.82) is 0 Å². The van der Waals surface area contributed by atoms with Gasteiger partial charge in [0.15, 0.2) is 0 Å². The van der Waals surface area contributed by atoms with Gasteiger partial charge in [-0.15, -0.1) is 0 Å². The fourth-order valence-electron chi connectivity index (χ4n) is 5.23. The lowest BCUT2D eigenvalue weighted by molar-refractivity contribution is -0.125. The number of rotatable bonds is 12. The summed E-state index contributed by atoms with van der Waals surface area (Å²) in [4.78, 5) is 31.3. The highest BCUT2D eigenvalue weighted by molar-refractivity contribution is 6.31. The van der Waals surface area contributed by atoms with Gasteiger partial charge in [-0.3, -0.25) is 19.8 Å². The van der Waals surface area contributed by atoms with Crippen molar-refractivity contribution in [3.8, 4) is 17.1 Å². The molecule has 0 saturated heterocycles. The Morgan fingerprint density at radius 3 is 2.67 bits per heavy atom. The van der Waals surface area contributed by atoms with Crippen LogP contribution in [0.5, 0.6) is 5.75 Å². The molecule has 2 amide bonds. The second-order valence-corrected chi connectivity index (χ2v) is 10.7. The Kier molecular flexibility index (Phi) is 9.19. The van der Waals surface area contributed by atoms with Gasteiger partial charge in [0.2, 0.25) is 12.3 Å². The van der Waals surface area contributed by atoms with E-state index in [-0.39, 0.29) is 24.8 Å². The van der Waals surface area contributed by atoms with Gasteiger partial charge in [0.1, 0.15) is 29.8 Å². The standard InChI is InChI=1S/C32H33ClFN5O3/c1-3-39-31(37(2)14-13-30(41)36-21-40)16-35-32(39)23-9-10-24-18-38(19-25(24)15-23)17-22-7-11-26(12-8-22)42-20-27-28(33)5-4-6-29(27)34/h4-12,15-16,21H,3,13-14,17-20H2,1-2H3,(H,36,40,41). The minimum Gasteiger partial charge on any atom is -0.489 e. The van der Waals surface area contributed by atoms with E-state index >= 15 is 0 Å². The molecule has 0 spiro atoms. The van der Waals surface area contributed by atoms with Crippen LogP contribution in [-0.2, 0) is 42.4 Å². The molecule has 0 saturated carbocycles. The van der Waals surface area contributed by atoms with E-state index in [1.165, 1.54) is 17.2 Å². The molecular weight excluding hydrogens is 557 g/mol. The number of aromatic nitrogens is 2. The topological polar surface area (TPSA) is 79.7 Å². The summed E-state index contributed by atoms with van der Waals surface area (Å²) in [7, 11) is 1.92. The van der Waals surface area contributed by atoms with Gasteiger partial charge < -0.3 is 14.2 Å². The lowest BCUT2D eigenvalue weighted by Crippen LogP contribution is -2.28. The third-order valence-electron chi connectivity index (χ3n) is 7.46. The molecule has 1 aliphatic rings. The first-order valence-corrected chi connectivity index (χ1v) is 14.2. The first kappa shape index (κ1) is 29.3. The van der Waals surface area contributed by atoms with E-state index in [2.05, 4.69) is 39.9 Å². The predicted octanol–water partition coefficient (Wildman–Crippen LogP) is 5.56. The Bertz CT molecular complexity index is 1550. The number of hydrogen-bond donors (Lipinski definition) is 1. The van der Waals surface area contributed by atoms with Crippen molar-refractivity contribution >= 4 is 29.7 Å². The molecule has 0 bridgehead atoms. The van der Waals surface area contributed by atoms with E-state index in [4.69, 9.17) is 21.3 Å². The number of imide groups is 1. The second kappa shape index (κ2) is 13.2. The normalized spacial score (nSPS) is 12.7. The average Bonchev–Trinajstić information content (AvgIpc) is 3.60. The number of halogens is 2. The van der Waals surface area contributed by atoms with Crippen LogP contribution in [0.1, 0.15) is 35.6 Å². The van der Waals surface area contributed by atoms with E-state index in [1.807, 2.05) is 42.4 Å². The smallest absolute Gasteiger partial charge is 0.228 e. The Labute approximate surface area is 249 Å². The summed E-state index contributed by atoms with van der Waals surface area (Å²) in [6.07, 6.45) is 2.45. The molecule has 0 radical (unpaired) electrons. The van der Waals surface area contributed by atoms with E-state index in [0.717, 1.165) is 48.9 Å². The summed E-state index contributed by atoms with van der Waals surface area (Å²) in [5.74, 6) is 1.77. The van der Waals surface area contributed by atoms with Gasteiger partial charge in [-0.2, -0.15) is 0 Å². The van der Waals surface area contributed by atoms with Crippen LogP contribution >= 0.6 is 11.6 Å². The molecule has 42 heavy (non-hydrogen) atoms. The van der Waals surface area contributed by atoms with Crippen molar-refractivity contribution < 1.29 is 18.7 Å². The molecule has 0 unspecified atom stereocenters. The molecule has 1 aromatic heterocycles. The van der Waals surface area contributed by atoms with Crippen LogP contribution in [0.15, 0.2) is 66.9 Å². The molecule has 8 nitrogen and oxygen atoms in total. The highest BCUT2D eigenvalue weighted by Crippen LogP contribution is 2.31. The van der Waals surface area contributed by atoms with Gasteiger partial charge in [0.25, 0.3) is 0 Å². The van der Waals surface area contributed by atoms with Crippen LogP contribution in [0.25, 0.3) is 11.4 Å². The number of benzene rings is 3. The average molecular weight is 590 g/mol. The number of amides is 2. The monoisotopic (exact) mass is 589 g/mol. The maximum Gasteiger partial charge on any atom is 0.228 e. The number of imidazole rings is 1. The number of nitrogens with zero attached hydrogens (tertiary/aromatic N) is 4. The molecule has 3 aromatic carbocycles. The van der Waals surface area contributed by atoms with Crippen LogP contribution in [0, 0.1) is 5.82 Å². The quantitative estimate of drug-likeness (QED) is 0.218. The number of nitrogens with one attached hydrogen (secondary N) is 1. The molecule has 1 N–H and O–H groups in total. The zero-order valence-electron chi connectivity index (χ0n) is 23.6. The predicted molar refractivity (Wildman–Crippen MR) is 161 cm³/mol. The van der Waals surface area contributed by atoms with Crippen LogP contribution in [0.4, 0.5) is 10.2 Å². The van der Waals surface area contributed by atoms with Crippen molar-refractivity contribution in [2.24, 2.45) is 0 Å². The molecule has 4 aromatic rings. The highest BCUT2D eigenvalue weighted by Gasteiger charge is 2.22. The number of anilines is 1. The van der Waals surface area contributed by atoms with E-state index < -0.39 is 0 Å². The largest absolute Gasteiger partial charge is 0.489 e. The van der Waals surface area contributed by atoms with E-state index in [9.17, 15) is 14.0 Å². The maximum atomic E-state index is 14.0. The SMILES string of the molecule is CCn1c(N(C)CCC(=O)NC=O)cnc1-c1ccc2c(c1)CN(Cc1ccc(OCc3c(F)cccc3Cl)cc1)C2. The number of hydrogen-bond acceptors (Lipinski definition) is 6. The summed E-state index contributed by atoms with van der Waals surface area (Å²) in [5, 5.41) is 2.53. The molecule has 0 atom stereocenters. The highest BCUT2D eigenvalue weighted by atomic mass is 35.5. The third-order valence-corrected chi connectivity index (χ3v) is 7.82. The number of ether oxygens (including phenoxy) is 1. The molecule has 10 heteroatoms. The summed E-state index contributed by atoms with van der Waals surface area (Å²) in [6.45, 7) is 5.82. The van der Waals surface area contributed by atoms with Crippen LogP contribution in [0.2, 0.25) is 5.02 Å². The fourth-order valence-corrected chi connectivity index (χ4v) is 5.44. The van der Waals surface area contributed by atoms with Gasteiger partial charge in [0, 0.05) is 57.3 Å². The summed E-state index contributed by atoms with van der Waals surface area (Å²) < 4.78 is 21.9. The summed E-state index contributed by atoms with van der Waals surface area (Å²) >= 11 is 6.10. The summed E-state index contributed by atoms with van der Waals surface area (Å²) in [6, 6.07) is 19.0. The fraction of sp³-hybridized carbons (Fsp3) is 0.281. The van der Waals surface area contributed by atoms with Gasteiger partial charge in [-0.1, -0.05) is 41.9 Å². The Balaban J connectivity index is 1.20. The zero-order valence-corrected chi connectivity index (χ0v) is 24.4. The molecule has 2 heterocycles. The lowest BCUT2D eigenvalue weighted by Gasteiger charge is -2.20. The van der Waals surface area contributed by atoms with Crippen LogP contribution in [0.3, 0.4) is 0 Å². The Morgan fingerprint density at radius 2 is 1.93 bits per heavy atom. The van der Waals surface area contributed by atoms with Crippen molar-refractivity contribution in [3.63, 3.8) is 0 Å². The molecule has 0 aliphatic carbocycles. The van der Waals surface area contributed by atoms with Crippen LogP contribution < -0.4 is 15.0 Å². The first-order chi connectivity index (χ1) is 20.4. The molecule has 5 rings (SSSR count).